The maximum Gasteiger partial charge on any atom is 0.321 e. The number of nitrogens with zero attached hydrogens (tertiary/aromatic N) is 1. The summed E-state index contributed by atoms with van der Waals surface area (Å²) in [5, 5.41) is 10.7. The second kappa shape index (κ2) is 5.53. The van der Waals surface area contributed by atoms with Crippen molar-refractivity contribution in [1.29, 1.82) is 0 Å². The normalized spacial score (nSPS) is 10.2. The monoisotopic (exact) mass is 248 g/mol. The summed E-state index contributed by atoms with van der Waals surface area (Å²) < 4.78 is 38.3. The number of nitrogens with one attached hydrogen (secondary N) is 1. The third-order valence-electron chi connectivity index (χ3n) is 2.02. The summed E-state index contributed by atoms with van der Waals surface area (Å²) in [4.78, 5) is 12.5. The van der Waals surface area contributed by atoms with Crippen molar-refractivity contribution in [2.24, 2.45) is 0 Å². The fraction of sp³-hybridized carbons (Fsp3) is 0.300. The van der Waals surface area contributed by atoms with Crippen LogP contribution in [0, 0.1) is 17.5 Å². The Morgan fingerprint density at radius 2 is 1.88 bits per heavy atom. The summed E-state index contributed by atoms with van der Waals surface area (Å²) in [6, 6.07) is 0.677. The highest BCUT2D eigenvalue weighted by Crippen LogP contribution is 2.17. The van der Waals surface area contributed by atoms with Crippen LogP contribution < -0.4 is 5.32 Å². The Morgan fingerprint density at radius 1 is 1.35 bits per heavy atom. The third kappa shape index (κ3) is 3.35. The second-order valence-corrected chi connectivity index (χ2v) is 3.33. The quantitative estimate of drug-likeness (QED) is 0.797. The van der Waals surface area contributed by atoms with Crippen LogP contribution in [0.4, 0.5) is 23.7 Å². The van der Waals surface area contributed by atoms with Crippen molar-refractivity contribution in [1.82, 2.24) is 4.90 Å². The summed E-state index contributed by atoms with van der Waals surface area (Å²) in [6.07, 6.45) is 0. The molecule has 17 heavy (non-hydrogen) atoms. The number of halogens is 3. The maximum atomic E-state index is 12.8. The Morgan fingerprint density at radius 3 is 2.35 bits per heavy atom. The molecule has 4 nitrogen and oxygen atoms in total. The van der Waals surface area contributed by atoms with Gasteiger partial charge in [0.25, 0.3) is 0 Å². The summed E-state index contributed by atoms with van der Waals surface area (Å²) >= 11 is 0. The number of carbonyl (C=O) groups excluding carboxylic acids is 1. The molecule has 0 heterocycles. The van der Waals surface area contributed by atoms with Gasteiger partial charge in [-0.05, 0) is 0 Å². The van der Waals surface area contributed by atoms with E-state index in [1.165, 1.54) is 7.05 Å². The van der Waals surface area contributed by atoms with Crippen LogP contribution in [0.2, 0.25) is 0 Å². The zero-order valence-electron chi connectivity index (χ0n) is 9.01. The molecule has 0 radical (unpaired) electrons. The van der Waals surface area contributed by atoms with Gasteiger partial charge in [-0.2, -0.15) is 0 Å². The minimum Gasteiger partial charge on any atom is -0.395 e. The number of likely N-dealkylation sites (N-methyl/N-ethyl adjacent to an activating group) is 1. The summed E-state index contributed by atoms with van der Waals surface area (Å²) in [6.45, 7) is -0.173. The van der Waals surface area contributed by atoms with Gasteiger partial charge in [-0.25, -0.2) is 18.0 Å². The molecular weight excluding hydrogens is 237 g/mol. The molecule has 0 aliphatic carbocycles. The number of benzene rings is 1. The van der Waals surface area contributed by atoms with Crippen molar-refractivity contribution < 1.29 is 23.1 Å². The van der Waals surface area contributed by atoms with Gasteiger partial charge in [0.15, 0.2) is 17.5 Å². The van der Waals surface area contributed by atoms with Crippen LogP contribution in [0.15, 0.2) is 12.1 Å². The van der Waals surface area contributed by atoms with Crippen LogP contribution in [0.3, 0.4) is 0 Å². The van der Waals surface area contributed by atoms with E-state index in [0.717, 1.165) is 4.90 Å². The predicted molar refractivity (Wildman–Crippen MR) is 55.1 cm³/mol. The van der Waals surface area contributed by atoms with Gasteiger partial charge in [0.2, 0.25) is 0 Å². The lowest BCUT2D eigenvalue weighted by molar-refractivity contribution is 0.202. The lowest BCUT2D eigenvalue weighted by Gasteiger charge is -2.16. The molecule has 0 spiro atoms. The Bertz CT molecular complexity index is 403. The van der Waals surface area contributed by atoms with Crippen LogP contribution in [-0.4, -0.2) is 36.2 Å². The molecule has 0 atom stereocenters. The molecule has 7 heteroatoms. The van der Waals surface area contributed by atoms with Gasteiger partial charge < -0.3 is 15.3 Å². The maximum absolute atomic E-state index is 12.8. The zero-order chi connectivity index (χ0) is 13.0. The van der Waals surface area contributed by atoms with Crippen molar-refractivity contribution in [3.8, 4) is 0 Å². The molecule has 1 aromatic carbocycles. The predicted octanol–water partition coefficient (Wildman–Crippen LogP) is 1.56. The molecule has 0 aromatic heterocycles. The van der Waals surface area contributed by atoms with Gasteiger partial charge in [-0.3, -0.25) is 0 Å². The Labute approximate surface area is 95.7 Å². The van der Waals surface area contributed by atoms with E-state index in [-0.39, 0.29) is 18.8 Å². The van der Waals surface area contributed by atoms with Gasteiger partial charge >= 0.3 is 6.03 Å². The lowest BCUT2D eigenvalue weighted by Crippen LogP contribution is -2.33. The molecule has 0 aliphatic rings. The largest absolute Gasteiger partial charge is 0.395 e. The standard InChI is InChI=1S/C10H11F3N2O2/c1-15(2-3-16)10(17)14-6-4-7(11)9(13)8(12)5-6/h4-5,16H,2-3H2,1H3,(H,14,17). The van der Waals surface area contributed by atoms with Gasteiger partial charge in [0.1, 0.15) is 0 Å². The molecule has 0 saturated heterocycles. The van der Waals surface area contributed by atoms with E-state index in [2.05, 4.69) is 5.32 Å². The smallest absolute Gasteiger partial charge is 0.321 e. The van der Waals surface area contributed by atoms with E-state index in [1.807, 2.05) is 0 Å². The highest BCUT2D eigenvalue weighted by molar-refractivity contribution is 5.89. The molecule has 1 rings (SSSR count). The number of urea groups is 1. The van der Waals surface area contributed by atoms with E-state index in [9.17, 15) is 18.0 Å². The number of anilines is 1. The van der Waals surface area contributed by atoms with E-state index in [1.54, 1.807) is 0 Å². The average Bonchev–Trinajstić information content (AvgIpc) is 2.26. The van der Waals surface area contributed by atoms with E-state index in [4.69, 9.17) is 5.11 Å². The molecule has 0 aliphatic heterocycles. The number of hydrogen-bond donors (Lipinski definition) is 2. The van der Waals surface area contributed by atoms with Gasteiger partial charge in [-0.15, -0.1) is 0 Å². The number of hydrogen-bond acceptors (Lipinski definition) is 2. The van der Waals surface area contributed by atoms with Crippen LogP contribution in [0.1, 0.15) is 0 Å². The first-order chi connectivity index (χ1) is 7.95. The molecule has 1 aromatic rings. The van der Waals surface area contributed by atoms with Crippen molar-refractivity contribution >= 4 is 11.7 Å². The van der Waals surface area contributed by atoms with E-state index >= 15 is 0 Å². The van der Waals surface area contributed by atoms with Crippen molar-refractivity contribution in [3.05, 3.63) is 29.6 Å². The van der Waals surface area contributed by atoms with E-state index < -0.39 is 23.5 Å². The van der Waals surface area contributed by atoms with Gasteiger partial charge in [0.05, 0.1) is 6.61 Å². The summed E-state index contributed by atoms with van der Waals surface area (Å²) in [5.74, 6) is -4.36. The van der Waals surface area contributed by atoms with Crippen molar-refractivity contribution in [3.63, 3.8) is 0 Å². The average molecular weight is 248 g/mol. The number of amides is 2. The molecule has 0 fully saturated rings. The molecule has 2 amide bonds. The highest BCUT2D eigenvalue weighted by Gasteiger charge is 2.13. The van der Waals surface area contributed by atoms with Crippen molar-refractivity contribution in [2.75, 3.05) is 25.5 Å². The second-order valence-electron chi connectivity index (χ2n) is 3.33. The minimum absolute atomic E-state index is 0.0675. The molecule has 0 saturated carbocycles. The molecular formula is C10H11F3N2O2. The molecule has 94 valence electrons. The SMILES string of the molecule is CN(CCO)C(=O)Nc1cc(F)c(F)c(F)c1. The summed E-state index contributed by atoms with van der Waals surface area (Å²) in [5.41, 5.74) is -0.198. The number of rotatable bonds is 3. The fourth-order valence-corrected chi connectivity index (χ4v) is 1.10. The topological polar surface area (TPSA) is 52.6 Å². The lowest BCUT2D eigenvalue weighted by atomic mass is 10.3. The Kier molecular flexibility index (Phi) is 4.33. The van der Waals surface area contributed by atoms with Crippen LogP contribution in [0.25, 0.3) is 0 Å². The first-order valence-electron chi connectivity index (χ1n) is 4.73. The van der Waals surface area contributed by atoms with Crippen molar-refractivity contribution in [2.45, 2.75) is 0 Å². The van der Waals surface area contributed by atoms with Crippen LogP contribution in [0.5, 0.6) is 0 Å². The van der Waals surface area contributed by atoms with Crippen LogP contribution >= 0.6 is 0 Å². The van der Waals surface area contributed by atoms with Crippen LogP contribution in [-0.2, 0) is 0 Å². The van der Waals surface area contributed by atoms with Gasteiger partial charge in [0, 0.05) is 31.4 Å². The van der Waals surface area contributed by atoms with Gasteiger partial charge in [-0.1, -0.05) is 0 Å². The molecule has 0 bridgehead atoms. The summed E-state index contributed by atoms with van der Waals surface area (Å²) in [7, 11) is 1.39. The Hall–Kier alpha value is -1.76. The first-order valence-corrected chi connectivity index (χ1v) is 4.73. The molecule has 0 unspecified atom stereocenters. The number of aliphatic hydroxyl groups is 1. The Balaban J connectivity index is 2.79. The molecule has 2 N–H and O–H groups in total. The zero-order valence-corrected chi connectivity index (χ0v) is 9.01. The fourth-order valence-electron chi connectivity index (χ4n) is 1.10. The third-order valence-corrected chi connectivity index (χ3v) is 2.02. The first kappa shape index (κ1) is 13.3. The highest BCUT2D eigenvalue weighted by atomic mass is 19.2. The number of carbonyl (C=O) groups is 1. The minimum atomic E-state index is -1.59. The van der Waals surface area contributed by atoms with E-state index in [0.29, 0.717) is 12.1 Å². The number of aliphatic hydroxyl groups excluding tert-OH is 1.